The van der Waals surface area contributed by atoms with E-state index in [9.17, 15) is 4.79 Å². The lowest BCUT2D eigenvalue weighted by Gasteiger charge is -2.34. The second kappa shape index (κ2) is 7.96. The van der Waals surface area contributed by atoms with E-state index < -0.39 is 5.54 Å². The second-order valence-electron chi connectivity index (χ2n) is 5.82. The van der Waals surface area contributed by atoms with Crippen LogP contribution in [0.1, 0.15) is 40.5 Å². The number of methoxy groups -OCH3 is 1. The van der Waals surface area contributed by atoms with Gasteiger partial charge in [-0.05, 0) is 46.5 Å². The average molecular weight is 287 g/mol. The van der Waals surface area contributed by atoms with Crippen LogP contribution < -0.4 is 5.32 Å². The smallest absolute Gasteiger partial charge is 0.328 e. The zero-order valence-electron chi connectivity index (χ0n) is 13.4. The lowest BCUT2D eigenvalue weighted by atomic mass is 9.93. The zero-order chi connectivity index (χ0) is 15.2. The molecular formula is C15H29NO4. The van der Waals surface area contributed by atoms with Gasteiger partial charge in [0.2, 0.25) is 0 Å². The van der Waals surface area contributed by atoms with Gasteiger partial charge in [-0.3, -0.25) is 5.32 Å². The molecule has 0 aromatic carbocycles. The zero-order valence-corrected chi connectivity index (χ0v) is 13.4. The Bertz CT molecular complexity index is 304. The molecule has 0 aliphatic heterocycles. The number of carbonyl (C=O) groups is 1. The van der Waals surface area contributed by atoms with E-state index in [-0.39, 0.29) is 18.1 Å². The molecule has 118 valence electrons. The molecule has 1 fully saturated rings. The maximum atomic E-state index is 12.3. The highest BCUT2D eigenvalue weighted by molar-refractivity contribution is 5.82. The van der Waals surface area contributed by atoms with Crippen LogP contribution in [0.3, 0.4) is 0 Å². The van der Waals surface area contributed by atoms with E-state index in [2.05, 4.69) is 5.32 Å². The summed E-state index contributed by atoms with van der Waals surface area (Å²) < 4.78 is 16.2. The molecule has 0 saturated heterocycles. The normalized spacial score (nSPS) is 19.7. The maximum Gasteiger partial charge on any atom is 0.328 e. The first-order chi connectivity index (χ1) is 9.46. The minimum Gasteiger partial charge on any atom is -0.468 e. The Kier molecular flexibility index (Phi) is 6.92. The highest BCUT2D eigenvalue weighted by Crippen LogP contribution is 2.41. The second-order valence-corrected chi connectivity index (χ2v) is 5.82. The lowest BCUT2D eigenvalue weighted by molar-refractivity contribution is -0.155. The lowest BCUT2D eigenvalue weighted by Crippen LogP contribution is -2.60. The van der Waals surface area contributed by atoms with Crippen molar-refractivity contribution in [3.05, 3.63) is 0 Å². The molecule has 5 heteroatoms. The van der Waals surface area contributed by atoms with E-state index in [1.54, 1.807) is 0 Å². The van der Waals surface area contributed by atoms with Gasteiger partial charge in [-0.25, -0.2) is 4.79 Å². The first kappa shape index (κ1) is 17.4. The highest BCUT2D eigenvalue weighted by atomic mass is 16.5. The summed E-state index contributed by atoms with van der Waals surface area (Å²) in [6.07, 6.45) is 2.04. The number of nitrogens with one attached hydrogen (secondary N) is 1. The highest BCUT2D eigenvalue weighted by Gasteiger charge is 2.52. The summed E-state index contributed by atoms with van der Waals surface area (Å²) >= 11 is 0. The topological polar surface area (TPSA) is 56.8 Å². The van der Waals surface area contributed by atoms with Gasteiger partial charge in [0, 0.05) is 12.6 Å². The van der Waals surface area contributed by atoms with Gasteiger partial charge in [0.05, 0.1) is 26.4 Å². The van der Waals surface area contributed by atoms with E-state index in [1.165, 1.54) is 7.11 Å². The van der Waals surface area contributed by atoms with E-state index in [1.807, 2.05) is 27.7 Å². The number of carbonyl (C=O) groups excluding carboxylic acids is 1. The quantitative estimate of drug-likeness (QED) is 0.620. The molecule has 1 rings (SSSR count). The first-order valence-electron chi connectivity index (χ1n) is 7.51. The molecule has 0 amide bonds. The molecule has 2 unspecified atom stereocenters. The third-order valence-corrected chi connectivity index (χ3v) is 3.52. The Hall–Kier alpha value is -0.650. The first-order valence-corrected chi connectivity index (χ1v) is 7.51. The number of hydrogen-bond donors (Lipinski definition) is 1. The van der Waals surface area contributed by atoms with E-state index in [0.29, 0.717) is 25.7 Å². The monoisotopic (exact) mass is 287 g/mol. The Morgan fingerprint density at radius 3 is 2.45 bits per heavy atom. The van der Waals surface area contributed by atoms with Crippen molar-refractivity contribution in [2.24, 2.45) is 5.92 Å². The molecule has 0 aromatic rings. The van der Waals surface area contributed by atoms with Crippen LogP contribution in [-0.4, -0.2) is 50.6 Å². The van der Waals surface area contributed by atoms with Gasteiger partial charge >= 0.3 is 5.97 Å². The van der Waals surface area contributed by atoms with Crippen LogP contribution in [0.4, 0.5) is 0 Å². The molecule has 0 aromatic heterocycles. The summed E-state index contributed by atoms with van der Waals surface area (Å²) in [6, 6.07) is 0.195. The van der Waals surface area contributed by atoms with Gasteiger partial charge in [-0.1, -0.05) is 0 Å². The number of esters is 1. The Morgan fingerprint density at radius 1 is 1.35 bits per heavy atom. The fourth-order valence-corrected chi connectivity index (χ4v) is 2.44. The van der Waals surface area contributed by atoms with Crippen molar-refractivity contribution in [1.29, 1.82) is 0 Å². The molecule has 5 nitrogen and oxygen atoms in total. The van der Waals surface area contributed by atoms with E-state index in [0.717, 1.165) is 12.8 Å². The number of ether oxygens (including phenoxy) is 3. The molecule has 0 spiro atoms. The third-order valence-electron chi connectivity index (χ3n) is 3.52. The molecule has 1 N–H and O–H groups in total. The summed E-state index contributed by atoms with van der Waals surface area (Å²) in [6.45, 7) is 9.52. The standard InChI is InChI=1S/C15H29NO4/c1-6-19-9-12(4)20-10-15(13-7-8-13,14(17)18-5)16-11(2)3/h11-13,16H,6-10H2,1-5H3. The van der Waals surface area contributed by atoms with Crippen molar-refractivity contribution in [2.75, 3.05) is 26.9 Å². The number of hydrogen-bond acceptors (Lipinski definition) is 5. The summed E-state index contributed by atoms with van der Waals surface area (Å²) in [7, 11) is 1.44. The molecule has 1 saturated carbocycles. The third kappa shape index (κ3) is 4.72. The number of rotatable bonds is 10. The van der Waals surface area contributed by atoms with Crippen LogP contribution in [0.5, 0.6) is 0 Å². The average Bonchev–Trinajstić information content (AvgIpc) is 3.24. The van der Waals surface area contributed by atoms with Crippen molar-refractivity contribution in [3.63, 3.8) is 0 Å². The maximum absolute atomic E-state index is 12.3. The van der Waals surface area contributed by atoms with E-state index >= 15 is 0 Å². The molecule has 2 atom stereocenters. The van der Waals surface area contributed by atoms with Crippen molar-refractivity contribution in [1.82, 2.24) is 5.32 Å². The van der Waals surface area contributed by atoms with Gasteiger partial charge in [0.1, 0.15) is 5.54 Å². The molecule has 0 heterocycles. The predicted molar refractivity (Wildman–Crippen MR) is 77.6 cm³/mol. The SMILES string of the molecule is CCOCC(C)OCC(NC(C)C)(C(=O)OC)C1CC1. The van der Waals surface area contributed by atoms with Crippen molar-refractivity contribution in [3.8, 4) is 0 Å². The fourth-order valence-electron chi connectivity index (χ4n) is 2.44. The van der Waals surface area contributed by atoms with Crippen molar-refractivity contribution >= 4 is 5.97 Å². The minimum atomic E-state index is -0.719. The Labute approximate surface area is 122 Å². The summed E-state index contributed by atoms with van der Waals surface area (Å²) in [5.41, 5.74) is -0.719. The van der Waals surface area contributed by atoms with Crippen LogP contribution in [0, 0.1) is 5.92 Å². The molecular weight excluding hydrogens is 258 g/mol. The van der Waals surface area contributed by atoms with E-state index in [4.69, 9.17) is 14.2 Å². The van der Waals surface area contributed by atoms with Crippen molar-refractivity contribution in [2.45, 2.75) is 58.2 Å². The summed E-state index contributed by atoms with van der Waals surface area (Å²) in [5, 5.41) is 3.38. The van der Waals surface area contributed by atoms with Crippen LogP contribution in [-0.2, 0) is 19.0 Å². The molecule has 1 aliphatic rings. The van der Waals surface area contributed by atoms with Gasteiger partial charge in [0.15, 0.2) is 0 Å². The molecule has 20 heavy (non-hydrogen) atoms. The Balaban J connectivity index is 2.68. The molecule has 1 aliphatic carbocycles. The van der Waals surface area contributed by atoms with Gasteiger partial charge in [-0.15, -0.1) is 0 Å². The van der Waals surface area contributed by atoms with Crippen LogP contribution in [0.25, 0.3) is 0 Å². The minimum absolute atomic E-state index is 0.0355. The van der Waals surface area contributed by atoms with Crippen molar-refractivity contribution < 1.29 is 19.0 Å². The fraction of sp³-hybridized carbons (Fsp3) is 0.933. The summed E-state index contributed by atoms with van der Waals surface area (Å²) in [5.74, 6) is 0.0777. The molecule has 0 bridgehead atoms. The largest absolute Gasteiger partial charge is 0.468 e. The van der Waals surface area contributed by atoms with Crippen LogP contribution in [0.2, 0.25) is 0 Å². The predicted octanol–water partition coefficient (Wildman–Crippen LogP) is 1.75. The summed E-state index contributed by atoms with van der Waals surface area (Å²) in [4.78, 5) is 12.3. The van der Waals surface area contributed by atoms with Crippen LogP contribution in [0.15, 0.2) is 0 Å². The van der Waals surface area contributed by atoms with Gasteiger partial charge in [0.25, 0.3) is 0 Å². The van der Waals surface area contributed by atoms with Crippen LogP contribution >= 0.6 is 0 Å². The molecule has 0 radical (unpaired) electrons. The Morgan fingerprint density at radius 2 is 2.00 bits per heavy atom. The van der Waals surface area contributed by atoms with Gasteiger partial charge in [-0.2, -0.15) is 0 Å². The van der Waals surface area contributed by atoms with Gasteiger partial charge < -0.3 is 14.2 Å².